The summed E-state index contributed by atoms with van der Waals surface area (Å²) in [6.45, 7) is 1.35. The van der Waals surface area contributed by atoms with Gasteiger partial charge in [0.15, 0.2) is 0 Å². The van der Waals surface area contributed by atoms with Gasteiger partial charge in [-0.2, -0.15) is 0 Å². The number of nitrogens with one attached hydrogen (secondary N) is 2. The van der Waals surface area contributed by atoms with Crippen molar-refractivity contribution in [3.63, 3.8) is 0 Å². The molecule has 1 aromatic carbocycles. The van der Waals surface area contributed by atoms with E-state index in [1.165, 1.54) is 6.07 Å². The third-order valence-corrected chi connectivity index (χ3v) is 5.27. The standard InChI is InChI=1S/C11H14BrClN2O2S/c12-8-3-4-11(10(13)6-8)18(16,17)15-7-9-2-1-5-14-9/h3-4,6,9,14-15H,1-2,5,7H2. The van der Waals surface area contributed by atoms with E-state index in [0.717, 1.165) is 23.9 Å². The molecular weight excluding hydrogens is 340 g/mol. The molecule has 1 unspecified atom stereocenters. The molecule has 1 saturated heterocycles. The summed E-state index contributed by atoms with van der Waals surface area (Å²) in [4.78, 5) is 0.116. The lowest BCUT2D eigenvalue weighted by molar-refractivity contribution is 0.552. The molecule has 7 heteroatoms. The highest BCUT2D eigenvalue weighted by Crippen LogP contribution is 2.25. The van der Waals surface area contributed by atoms with Crippen LogP contribution in [0.5, 0.6) is 0 Å². The van der Waals surface area contributed by atoms with E-state index in [0.29, 0.717) is 6.54 Å². The molecule has 1 aliphatic heterocycles. The largest absolute Gasteiger partial charge is 0.313 e. The SMILES string of the molecule is O=S(=O)(NCC1CCCN1)c1ccc(Br)cc1Cl. The van der Waals surface area contributed by atoms with Crippen LogP contribution in [0.25, 0.3) is 0 Å². The van der Waals surface area contributed by atoms with Crippen molar-refractivity contribution < 1.29 is 8.42 Å². The van der Waals surface area contributed by atoms with Gasteiger partial charge in [-0.25, -0.2) is 13.1 Å². The molecule has 1 aliphatic rings. The summed E-state index contributed by atoms with van der Waals surface area (Å²) in [5, 5.41) is 3.46. The highest BCUT2D eigenvalue weighted by atomic mass is 79.9. The number of benzene rings is 1. The van der Waals surface area contributed by atoms with Gasteiger partial charge in [0.05, 0.1) is 5.02 Å². The molecule has 18 heavy (non-hydrogen) atoms. The van der Waals surface area contributed by atoms with E-state index in [1.54, 1.807) is 12.1 Å². The van der Waals surface area contributed by atoms with Gasteiger partial charge in [0.2, 0.25) is 10.0 Å². The molecule has 1 fully saturated rings. The Balaban J connectivity index is 2.09. The molecule has 0 saturated carbocycles. The predicted octanol–water partition coefficient (Wildman–Crippen LogP) is 2.13. The zero-order valence-corrected chi connectivity index (χ0v) is 12.8. The van der Waals surface area contributed by atoms with Crippen LogP contribution < -0.4 is 10.0 Å². The van der Waals surface area contributed by atoms with E-state index in [4.69, 9.17) is 11.6 Å². The lowest BCUT2D eigenvalue weighted by atomic mass is 10.2. The fourth-order valence-electron chi connectivity index (χ4n) is 1.91. The van der Waals surface area contributed by atoms with Gasteiger partial charge in [-0.1, -0.05) is 27.5 Å². The quantitative estimate of drug-likeness (QED) is 0.872. The molecule has 1 aromatic rings. The normalized spacial score (nSPS) is 20.2. The first-order valence-corrected chi connectivity index (χ1v) is 8.32. The van der Waals surface area contributed by atoms with E-state index in [-0.39, 0.29) is 16.0 Å². The summed E-state index contributed by atoms with van der Waals surface area (Å²) in [5.41, 5.74) is 0. The zero-order valence-electron chi connectivity index (χ0n) is 9.62. The maximum Gasteiger partial charge on any atom is 0.242 e. The number of rotatable bonds is 4. The number of halogens is 2. The van der Waals surface area contributed by atoms with Gasteiger partial charge in [0, 0.05) is 17.1 Å². The number of sulfonamides is 1. The summed E-state index contributed by atoms with van der Waals surface area (Å²) in [5.74, 6) is 0. The highest BCUT2D eigenvalue weighted by molar-refractivity contribution is 9.10. The first-order valence-electron chi connectivity index (χ1n) is 5.67. The van der Waals surface area contributed by atoms with Gasteiger partial charge < -0.3 is 5.32 Å². The molecule has 0 bridgehead atoms. The average molecular weight is 354 g/mol. The van der Waals surface area contributed by atoms with Gasteiger partial charge in [-0.05, 0) is 37.6 Å². The Morgan fingerprint density at radius 1 is 1.50 bits per heavy atom. The van der Waals surface area contributed by atoms with Crippen molar-refractivity contribution in [3.8, 4) is 0 Å². The first-order chi connectivity index (χ1) is 8.49. The molecule has 4 nitrogen and oxygen atoms in total. The Bertz CT molecular complexity index is 530. The molecule has 2 rings (SSSR count). The van der Waals surface area contributed by atoms with Crippen molar-refractivity contribution in [1.82, 2.24) is 10.0 Å². The second kappa shape index (κ2) is 5.88. The first kappa shape index (κ1) is 14.3. The van der Waals surface area contributed by atoms with Gasteiger partial charge in [-0.15, -0.1) is 0 Å². The Morgan fingerprint density at radius 3 is 2.89 bits per heavy atom. The van der Waals surface area contributed by atoms with E-state index < -0.39 is 10.0 Å². The van der Waals surface area contributed by atoms with Crippen LogP contribution >= 0.6 is 27.5 Å². The summed E-state index contributed by atoms with van der Waals surface area (Å²) in [6, 6.07) is 4.95. The molecule has 1 heterocycles. The van der Waals surface area contributed by atoms with Crippen LogP contribution in [0.4, 0.5) is 0 Å². The van der Waals surface area contributed by atoms with Crippen molar-refractivity contribution in [1.29, 1.82) is 0 Å². The van der Waals surface area contributed by atoms with Crippen LogP contribution in [0.2, 0.25) is 5.02 Å². The summed E-state index contributed by atoms with van der Waals surface area (Å²) < 4.78 is 27.5. The minimum atomic E-state index is -3.54. The van der Waals surface area contributed by atoms with Crippen molar-refractivity contribution in [2.45, 2.75) is 23.8 Å². The topological polar surface area (TPSA) is 58.2 Å². The van der Waals surface area contributed by atoms with Crippen LogP contribution in [0.1, 0.15) is 12.8 Å². The molecule has 2 N–H and O–H groups in total. The van der Waals surface area contributed by atoms with Crippen LogP contribution in [0.15, 0.2) is 27.6 Å². The minimum Gasteiger partial charge on any atom is -0.313 e. The van der Waals surface area contributed by atoms with Crippen molar-refractivity contribution in [2.24, 2.45) is 0 Å². The smallest absolute Gasteiger partial charge is 0.242 e. The molecular formula is C11H14BrClN2O2S. The summed E-state index contributed by atoms with van der Waals surface area (Å²) in [7, 11) is -3.54. The maximum absolute atomic E-state index is 12.1. The van der Waals surface area contributed by atoms with E-state index in [2.05, 4.69) is 26.0 Å². The summed E-state index contributed by atoms with van der Waals surface area (Å²) >= 11 is 9.19. The lowest BCUT2D eigenvalue weighted by Crippen LogP contribution is -2.37. The van der Waals surface area contributed by atoms with Gasteiger partial charge in [-0.3, -0.25) is 0 Å². The molecule has 0 aliphatic carbocycles. The second-order valence-electron chi connectivity index (χ2n) is 4.22. The van der Waals surface area contributed by atoms with Crippen LogP contribution in [0.3, 0.4) is 0 Å². The average Bonchev–Trinajstić information content (AvgIpc) is 2.78. The zero-order chi connectivity index (χ0) is 13.2. The molecule has 0 amide bonds. The third kappa shape index (κ3) is 3.45. The van der Waals surface area contributed by atoms with Crippen LogP contribution in [0, 0.1) is 0 Å². The van der Waals surface area contributed by atoms with Crippen molar-refractivity contribution >= 4 is 37.6 Å². The van der Waals surface area contributed by atoms with Gasteiger partial charge in [0.25, 0.3) is 0 Å². The Kier molecular flexibility index (Phi) is 4.66. The van der Waals surface area contributed by atoms with E-state index >= 15 is 0 Å². The minimum absolute atomic E-state index is 0.116. The monoisotopic (exact) mass is 352 g/mol. The lowest BCUT2D eigenvalue weighted by Gasteiger charge is -2.12. The fraction of sp³-hybridized carbons (Fsp3) is 0.455. The third-order valence-electron chi connectivity index (χ3n) is 2.87. The number of hydrogen-bond acceptors (Lipinski definition) is 3. The van der Waals surface area contributed by atoms with E-state index in [1.807, 2.05) is 0 Å². The summed E-state index contributed by atoms with van der Waals surface area (Å²) in [6.07, 6.45) is 2.09. The van der Waals surface area contributed by atoms with Crippen LogP contribution in [-0.2, 0) is 10.0 Å². The number of hydrogen-bond donors (Lipinski definition) is 2. The van der Waals surface area contributed by atoms with Crippen LogP contribution in [-0.4, -0.2) is 27.5 Å². The van der Waals surface area contributed by atoms with Gasteiger partial charge in [0.1, 0.15) is 4.90 Å². The Hall–Kier alpha value is -0.140. The molecule has 100 valence electrons. The molecule has 0 aromatic heterocycles. The molecule has 1 atom stereocenters. The molecule has 0 spiro atoms. The Labute approximate surface area is 120 Å². The van der Waals surface area contributed by atoms with Crippen molar-refractivity contribution in [3.05, 3.63) is 27.7 Å². The molecule has 0 radical (unpaired) electrons. The van der Waals surface area contributed by atoms with Crippen molar-refractivity contribution in [2.75, 3.05) is 13.1 Å². The second-order valence-corrected chi connectivity index (χ2v) is 7.28. The Morgan fingerprint density at radius 2 is 2.28 bits per heavy atom. The maximum atomic E-state index is 12.1. The highest BCUT2D eigenvalue weighted by Gasteiger charge is 2.21. The predicted molar refractivity (Wildman–Crippen MR) is 75.4 cm³/mol. The van der Waals surface area contributed by atoms with Gasteiger partial charge >= 0.3 is 0 Å². The van der Waals surface area contributed by atoms with E-state index in [9.17, 15) is 8.42 Å². The fourth-order valence-corrected chi connectivity index (χ4v) is 4.03.